The second kappa shape index (κ2) is 4.77. The van der Waals surface area contributed by atoms with E-state index < -0.39 is 0 Å². The number of benzene rings is 1. The molecule has 1 aliphatic heterocycles. The molecule has 0 amide bonds. The third-order valence-electron chi connectivity index (χ3n) is 5.13. The van der Waals surface area contributed by atoms with Gasteiger partial charge in [-0.05, 0) is 35.2 Å². The lowest BCUT2D eigenvalue weighted by Crippen LogP contribution is -2.19. The Morgan fingerprint density at radius 2 is 1.68 bits per heavy atom. The number of allylic oxidation sites excluding steroid dienone is 2. The number of rotatable bonds is 4. The van der Waals surface area contributed by atoms with Crippen molar-refractivity contribution < 1.29 is 9.47 Å². The SMILES string of the molecule is C1=C[C@H]2C(COCc3ccccc3)[C@@H]1[C@H]1COC[C@H]12. The molecule has 1 aromatic carbocycles. The average Bonchev–Trinajstić information content (AvgIpc) is 3.11. The summed E-state index contributed by atoms with van der Waals surface area (Å²) in [4.78, 5) is 0. The van der Waals surface area contributed by atoms with E-state index in [9.17, 15) is 0 Å². The molecule has 2 bridgehead atoms. The van der Waals surface area contributed by atoms with E-state index in [2.05, 4.69) is 36.4 Å². The molecule has 0 aromatic heterocycles. The largest absolute Gasteiger partial charge is 0.381 e. The van der Waals surface area contributed by atoms with Gasteiger partial charge < -0.3 is 9.47 Å². The molecule has 0 radical (unpaired) electrons. The number of hydrogen-bond donors (Lipinski definition) is 0. The number of hydrogen-bond acceptors (Lipinski definition) is 2. The Labute approximate surface area is 114 Å². The molecule has 2 nitrogen and oxygen atoms in total. The van der Waals surface area contributed by atoms with Gasteiger partial charge in [-0.2, -0.15) is 0 Å². The van der Waals surface area contributed by atoms with Crippen LogP contribution >= 0.6 is 0 Å². The summed E-state index contributed by atoms with van der Waals surface area (Å²) in [6.07, 6.45) is 4.83. The lowest BCUT2D eigenvalue weighted by molar-refractivity contribution is 0.0609. The topological polar surface area (TPSA) is 18.5 Å². The van der Waals surface area contributed by atoms with E-state index >= 15 is 0 Å². The molecule has 4 rings (SSSR count). The summed E-state index contributed by atoms with van der Waals surface area (Å²) in [5.41, 5.74) is 1.27. The van der Waals surface area contributed by atoms with Crippen LogP contribution in [-0.4, -0.2) is 19.8 Å². The van der Waals surface area contributed by atoms with Gasteiger partial charge in [0, 0.05) is 0 Å². The van der Waals surface area contributed by atoms with Crippen LogP contribution in [0.3, 0.4) is 0 Å². The van der Waals surface area contributed by atoms with Gasteiger partial charge in [0.2, 0.25) is 0 Å². The Hall–Kier alpha value is -1.12. The van der Waals surface area contributed by atoms with Crippen molar-refractivity contribution in [3.63, 3.8) is 0 Å². The minimum atomic E-state index is 0.697. The van der Waals surface area contributed by atoms with Crippen LogP contribution in [-0.2, 0) is 16.1 Å². The van der Waals surface area contributed by atoms with Crippen LogP contribution in [0.4, 0.5) is 0 Å². The Morgan fingerprint density at radius 1 is 1.00 bits per heavy atom. The highest BCUT2D eigenvalue weighted by Crippen LogP contribution is 2.54. The minimum absolute atomic E-state index is 0.697. The minimum Gasteiger partial charge on any atom is -0.381 e. The molecule has 100 valence electrons. The molecular formula is C17H20O2. The highest BCUT2D eigenvalue weighted by atomic mass is 16.5. The van der Waals surface area contributed by atoms with Gasteiger partial charge in [-0.3, -0.25) is 0 Å². The van der Waals surface area contributed by atoms with Crippen molar-refractivity contribution in [2.75, 3.05) is 19.8 Å². The molecule has 1 saturated carbocycles. The van der Waals surface area contributed by atoms with Crippen molar-refractivity contribution in [1.82, 2.24) is 0 Å². The van der Waals surface area contributed by atoms with E-state index in [1.165, 1.54) is 5.56 Å². The van der Waals surface area contributed by atoms with E-state index in [0.29, 0.717) is 17.8 Å². The van der Waals surface area contributed by atoms with Crippen LogP contribution in [0, 0.1) is 29.6 Å². The second-order valence-electron chi connectivity index (χ2n) is 6.07. The number of ether oxygens (including phenoxy) is 2. The third-order valence-corrected chi connectivity index (χ3v) is 5.13. The molecule has 19 heavy (non-hydrogen) atoms. The second-order valence-corrected chi connectivity index (χ2v) is 6.07. The van der Waals surface area contributed by atoms with Crippen LogP contribution in [0.15, 0.2) is 42.5 Å². The predicted octanol–water partition coefficient (Wildman–Crippen LogP) is 2.90. The van der Waals surface area contributed by atoms with Crippen LogP contribution < -0.4 is 0 Å². The van der Waals surface area contributed by atoms with Gasteiger partial charge in [0.25, 0.3) is 0 Å². The van der Waals surface area contributed by atoms with Crippen molar-refractivity contribution in [1.29, 1.82) is 0 Å². The van der Waals surface area contributed by atoms with Crippen molar-refractivity contribution >= 4 is 0 Å². The summed E-state index contributed by atoms with van der Waals surface area (Å²) >= 11 is 0. The first-order valence-electron chi connectivity index (χ1n) is 7.31. The summed E-state index contributed by atoms with van der Waals surface area (Å²) in [5.74, 6) is 3.63. The standard InChI is InChI=1S/C17H20O2/c1-2-4-12(5-3-1)8-18-9-15-13-6-7-14(15)17-11-19-10-16(13)17/h1-7,13-17H,8-11H2/t13-,14+,15?,16-,17+. The fourth-order valence-electron chi connectivity index (χ4n) is 4.21. The Balaban J connectivity index is 1.35. The van der Waals surface area contributed by atoms with Crippen LogP contribution in [0.1, 0.15) is 5.56 Å². The van der Waals surface area contributed by atoms with Crippen LogP contribution in [0.2, 0.25) is 0 Å². The van der Waals surface area contributed by atoms with Crippen LogP contribution in [0.25, 0.3) is 0 Å². The van der Waals surface area contributed by atoms with E-state index in [-0.39, 0.29) is 0 Å². The van der Waals surface area contributed by atoms with Crippen LogP contribution in [0.5, 0.6) is 0 Å². The summed E-state index contributed by atoms with van der Waals surface area (Å²) < 4.78 is 11.6. The lowest BCUT2D eigenvalue weighted by atomic mass is 9.86. The summed E-state index contributed by atoms with van der Waals surface area (Å²) in [5, 5.41) is 0. The quantitative estimate of drug-likeness (QED) is 0.771. The molecule has 0 N–H and O–H groups in total. The smallest absolute Gasteiger partial charge is 0.0717 e. The zero-order valence-corrected chi connectivity index (χ0v) is 11.1. The fraction of sp³-hybridized carbons (Fsp3) is 0.529. The Bertz CT molecular complexity index is 447. The van der Waals surface area contributed by atoms with Gasteiger partial charge in [0.1, 0.15) is 0 Å². The maximum absolute atomic E-state index is 5.97. The van der Waals surface area contributed by atoms with E-state index in [0.717, 1.165) is 38.3 Å². The third kappa shape index (κ3) is 1.94. The maximum Gasteiger partial charge on any atom is 0.0717 e. The maximum atomic E-state index is 5.97. The molecule has 1 unspecified atom stereocenters. The first-order valence-corrected chi connectivity index (χ1v) is 7.31. The molecule has 2 heteroatoms. The number of fused-ring (bicyclic) bond motifs is 5. The molecule has 1 saturated heterocycles. The van der Waals surface area contributed by atoms with E-state index in [1.807, 2.05) is 6.07 Å². The molecule has 2 fully saturated rings. The highest BCUT2D eigenvalue weighted by Gasteiger charge is 2.53. The molecule has 2 aliphatic carbocycles. The van der Waals surface area contributed by atoms with Gasteiger partial charge in [-0.25, -0.2) is 0 Å². The molecular weight excluding hydrogens is 236 g/mol. The molecule has 5 atom stereocenters. The molecule has 1 heterocycles. The summed E-state index contributed by atoms with van der Waals surface area (Å²) in [6.45, 7) is 3.56. The zero-order chi connectivity index (χ0) is 12.7. The molecule has 0 spiro atoms. The van der Waals surface area contributed by atoms with Gasteiger partial charge in [0.15, 0.2) is 0 Å². The first-order chi connectivity index (χ1) is 9.43. The summed E-state index contributed by atoms with van der Waals surface area (Å²) in [7, 11) is 0. The van der Waals surface area contributed by atoms with Gasteiger partial charge >= 0.3 is 0 Å². The van der Waals surface area contributed by atoms with Crippen molar-refractivity contribution in [2.45, 2.75) is 6.61 Å². The monoisotopic (exact) mass is 256 g/mol. The van der Waals surface area contributed by atoms with Crippen molar-refractivity contribution in [3.05, 3.63) is 48.0 Å². The summed E-state index contributed by atoms with van der Waals surface area (Å²) in [6, 6.07) is 10.4. The van der Waals surface area contributed by atoms with E-state index in [4.69, 9.17) is 9.47 Å². The lowest BCUT2D eigenvalue weighted by Gasteiger charge is -2.18. The highest BCUT2D eigenvalue weighted by molar-refractivity contribution is 5.19. The van der Waals surface area contributed by atoms with Gasteiger partial charge in [-0.1, -0.05) is 42.5 Å². The fourth-order valence-corrected chi connectivity index (χ4v) is 4.21. The Morgan fingerprint density at radius 3 is 2.37 bits per heavy atom. The van der Waals surface area contributed by atoms with Gasteiger partial charge in [0.05, 0.1) is 26.4 Å². The molecule has 3 aliphatic rings. The molecule has 1 aromatic rings. The van der Waals surface area contributed by atoms with Crippen molar-refractivity contribution in [3.8, 4) is 0 Å². The average molecular weight is 256 g/mol. The van der Waals surface area contributed by atoms with E-state index in [1.54, 1.807) is 0 Å². The first kappa shape index (κ1) is 11.7. The van der Waals surface area contributed by atoms with Gasteiger partial charge in [-0.15, -0.1) is 0 Å². The van der Waals surface area contributed by atoms with Crippen molar-refractivity contribution in [2.24, 2.45) is 29.6 Å². The zero-order valence-electron chi connectivity index (χ0n) is 11.1. The Kier molecular flexibility index (Phi) is 2.93. The normalized spacial score (nSPS) is 38.8. The predicted molar refractivity (Wildman–Crippen MR) is 73.5 cm³/mol.